The second-order valence-corrected chi connectivity index (χ2v) is 7.43. The summed E-state index contributed by atoms with van der Waals surface area (Å²) < 4.78 is 11.4. The van der Waals surface area contributed by atoms with Crippen LogP contribution >= 0.6 is 23.1 Å². The predicted octanol–water partition coefficient (Wildman–Crippen LogP) is 3.12. The van der Waals surface area contributed by atoms with Crippen LogP contribution in [0.4, 0.5) is 5.13 Å². The number of carbonyl (C=O) groups excluding carboxylic acids is 1. The van der Waals surface area contributed by atoms with Crippen molar-refractivity contribution in [2.75, 3.05) is 31.8 Å². The second-order valence-electron chi connectivity index (χ2n) is 5.23. The first kappa shape index (κ1) is 20.1. The number of anilines is 1. The standard InChI is InChI=1S/C17H22N4O3S2/c1-5-8-18-16-20-21-17(26-16)25-10-15(22)19-11(2)13-9-12(23-3)6-7-14(13)24-4/h5-7,9,11H,1,8,10H2,2-4H3,(H,18,20)(H,19,22)/t11-/m0/s1. The number of nitrogens with zero attached hydrogens (tertiary/aromatic N) is 2. The maximum absolute atomic E-state index is 12.3. The molecule has 1 aromatic heterocycles. The van der Waals surface area contributed by atoms with E-state index < -0.39 is 0 Å². The van der Waals surface area contributed by atoms with Crippen LogP contribution < -0.4 is 20.1 Å². The lowest BCUT2D eigenvalue weighted by Gasteiger charge is -2.18. The Morgan fingerprint density at radius 3 is 2.88 bits per heavy atom. The van der Waals surface area contributed by atoms with Gasteiger partial charge in [0.2, 0.25) is 11.0 Å². The lowest BCUT2D eigenvalue weighted by molar-refractivity contribution is -0.119. The minimum absolute atomic E-state index is 0.0943. The van der Waals surface area contributed by atoms with Gasteiger partial charge in [0.05, 0.1) is 26.0 Å². The Bertz CT molecular complexity index is 751. The molecule has 7 nitrogen and oxygen atoms in total. The van der Waals surface area contributed by atoms with Gasteiger partial charge in [-0.15, -0.1) is 16.8 Å². The van der Waals surface area contributed by atoms with Gasteiger partial charge in [-0.25, -0.2) is 0 Å². The van der Waals surface area contributed by atoms with E-state index in [1.807, 2.05) is 25.1 Å². The molecule has 9 heteroatoms. The van der Waals surface area contributed by atoms with Crippen LogP contribution in [-0.4, -0.2) is 42.6 Å². The van der Waals surface area contributed by atoms with Crippen LogP contribution in [0.2, 0.25) is 0 Å². The van der Waals surface area contributed by atoms with Gasteiger partial charge in [-0.1, -0.05) is 29.2 Å². The number of rotatable bonds is 10. The third-order valence-electron chi connectivity index (χ3n) is 3.41. The molecule has 26 heavy (non-hydrogen) atoms. The molecule has 0 radical (unpaired) electrons. The molecular weight excluding hydrogens is 372 g/mol. The van der Waals surface area contributed by atoms with Gasteiger partial charge in [-0.05, 0) is 25.1 Å². The van der Waals surface area contributed by atoms with E-state index >= 15 is 0 Å². The molecule has 2 N–H and O–H groups in total. The summed E-state index contributed by atoms with van der Waals surface area (Å²) in [6.07, 6.45) is 1.75. The topological polar surface area (TPSA) is 85.4 Å². The van der Waals surface area contributed by atoms with Crippen LogP contribution in [-0.2, 0) is 4.79 Å². The Hall–Kier alpha value is -2.26. The van der Waals surface area contributed by atoms with Gasteiger partial charge < -0.3 is 20.1 Å². The highest BCUT2D eigenvalue weighted by atomic mass is 32.2. The second kappa shape index (κ2) is 10.0. The monoisotopic (exact) mass is 394 g/mol. The van der Waals surface area contributed by atoms with E-state index in [4.69, 9.17) is 9.47 Å². The van der Waals surface area contributed by atoms with Crippen LogP contribution in [0.15, 0.2) is 35.2 Å². The summed E-state index contributed by atoms with van der Waals surface area (Å²) in [4.78, 5) is 12.3. The highest BCUT2D eigenvalue weighted by Crippen LogP contribution is 2.30. The van der Waals surface area contributed by atoms with E-state index in [9.17, 15) is 4.79 Å². The van der Waals surface area contributed by atoms with Crippen molar-refractivity contribution in [1.29, 1.82) is 0 Å². The highest BCUT2D eigenvalue weighted by molar-refractivity contribution is 8.01. The van der Waals surface area contributed by atoms with Gasteiger partial charge in [0.1, 0.15) is 11.5 Å². The third kappa shape index (κ3) is 5.63. The average molecular weight is 395 g/mol. The minimum atomic E-state index is -0.215. The first-order valence-corrected chi connectivity index (χ1v) is 9.70. The maximum Gasteiger partial charge on any atom is 0.230 e. The number of amides is 1. The molecular formula is C17H22N4O3S2. The van der Waals surface area contributed by atoms with E-state index in [1.54, 1.807) is 20.3 Å². The smallest absolute Gasteiger partial charge is 0.230 e. The Labute approximate surface area is 161 Å². The van der Waals surface area contributed by atoms with Gasteiger partial charge in [0.15, 0.2) is 4.34 Å². The molecule has 1 amide bonds. The Morgan fingerprint density at radius 1 is 1.38 bits per heavy atom. The number of thioether (sulfide) groups is 1. The van der Waals surface area contributed by atoms with Gasteiger partial charge in [0, 0.05) is 12.1 Å². The molecule has 140 valence electrons. The van der Waals surface area contributed by atoms with E-state index in [-0.39, 0.29) is 17.7 Å². The molecule has 0 unspecified atom stereocenters. The van der Waals surface area contributed by atoms with E-state index in [1.165, 1.54) is 23.1 Å². The normalized spacial score (nSPS) is 11.5. The molecule has 1 heterocycles. The van der Waals surface area contributed by atoms with Crippen molar-refractivity contribution in [2.24, 2.45) is 0 Å². The molecule has 2 aromatic rings. The first-order chi connectivity index (χ1) is 12.6. The zero-order valence-corrected chi connectivity index (χ0v) is 16.6. The Balaban J connectivity index is 1.91. The van der Waals surface area contributed by atoms with Crippen molar-refractivity contribution in [3.8, 4) is 11.5 Å². The molecule has 0 aliphatic heterocycles. The van der Waals surface area contributed by atoms with Gasteiger partial charge in [-0.2, -0.15) is 0 Å². The van der Waals surface area contributed by atoms with E-state index in [0.29, 0.717) is 23.2 Å². The third-order valence-corrected chi connectivity index (χ3v) is 5.43. The molecule has 1 aromatic carbocycles. The molecule has 0 spiro atoms. The summed E-state index contributed by atoms with van der Waals surface area (Å²) in [5.74, 6) is 1.58. The van der Waals surface area contributed by atoms with Crippen molar-refractivity contribution in [1.82, 2.24) is 15.5 Å². The summed E-state index contributed by atoms with van der Waals surface area (Å²) in [5, 5.41) is 14.8. The van der Waals surface area contributed by atoms with Crippen molar-refractivity contribution >= 4 is 34.1 Å². The fourth-order valence-electron chi connectivity index (χ4n) is 2.16. The maximum atomic E-state index is 12.3. The lowest BCUT2D eigenvalue weighted by atomic mass is 10.1. The van der Waals surface area contributed by atoms with Crippen molar-refractivity contribution in [2.45, 2.75) is 17.3 Å². The summed E-state index contributed by atoms with van der Waals surface area (Å²) in [5.41, 5.74) is 0.858. The number of methoxy groups -OCH3 is 2. The van der Waals surface area contributed by atoms with Gasteiger partial charge >= 0.3 is 0 Å². The molecule has 2 rings (SSSR count). The summed E-state index contributed by atoms with van der Waals surface area (Å²) in [6, 6.07) is 5.29. The molecule has 0 fully saturated rings. The summed E-state index contributed by atoms with van der Waals surface area (Å²) in [7, 11) is 3.20. The van der Waals surface area contributed by atoms with Crippen LogP contribution in [0.25, 0.3) is 0 Å². The molecule has 1 atom stereocenters. The zero-order valence-electron chi connectivity index (χ0n) is 14.9. The van der Waals surface area contributed by atoms with Crippen LogP contribution in [0.3, 0.4) is 0 Å². The van der Waals surface area contributed by atoms with Gasteiger partial charge in [-0.3, -0.25) is 4.79 Å². The predicted molar refractivity (Wildman–Crippen MR) is 105 cm³/mol. The number of carbonyl (C=O) groups is 1. The number of hydrogen-bond acceptors (Lipinski definition) is 8. The summed E-state index contributed by atoms with van der Waals surface area (Å²) in [6.45, 7) is 6.17. The number of benzene rings is 1. The first-order valence-electron chi connectivity index (χ1n) is 7.89. The Morgan fingerprint density at radius 2 is 2.19 bits per heavy atom. The quantitative estimate of drug-likeness (QED) is 0.473. The van der Waals surface area contributed by atoms with Crippen LogP contribution in [0, 0.1) is 0 Å². The van der Waals surface area contributed by atoms with Crippen molar-refractivity contribution in [3.05, 3.63) is 36.4 Å². The van der Waals surface area contributed by atoms with Crippen molar-refractivity contribution < 1.29 is 14.3 Å². The number of hydrogen-bond donors (Lipinski definition) is 2. The number of ether oxygens (including phenoxy) is 2. The largest absolute Gasteiger partial charge is 0.497 e. The highest BCUT2D eigenvalue weighted by Gasteiger charge is 2.16. The van der Waals surface area contributed by atoms with E-state index in [0.717, 1.165) is 9.90 Å². The molecule has 0 saturated heterocycles. The Kier molecular flexibility index (Phi) is 7.73. The van der Waals surface area contributed by atoms with Gasteiger partial charge in [0.25, 0.3) is 0 Å². The molecule has 0 saturated carbocycles. The zero-order chi connectivity index (χ0) is 18.9. The lowest BCUT2D eigenvalue weighted by Crippen LogP contribution is -2.28. The van der Waals surface area contributed by atoms with Crippen LogP contribution in [0.5, 0.6) is 11.5 Å². The summed E-state index contributed by atoms with van der Waals surface area (Å²) >= 11 is 2.76. The average Bonchev–Trinajstić information content (AvgIpc) is 3.11. The number of aromatic nitrogens is 2. The van der Waals surface area contributed by atoms with Crippen LogP contribution in [0.1, 0.15) is 18.5 Å². The molecule has 0 aliphatic rings. The van der Waals surface area contributed by atoms with E-state index in [2.05, 4.69) is 27.4 Å². The minimum Gasteiger partial charge on any atom is -0.497 e. The fourth-order valence-corrected chi connectivity index (χ4v) is 3.73. The molecule has 0 bridgehead atoms. The fraction of sp³-hybridized carbons (Fsp3) is 0.353. The van der Waals surface area contributed by atoms with Crippen molar-refractivity contribution in [3.63, 3.8) is 0 Å². The SMILES string of the molecule is C=CCNc1nnc(SCC(=O)N[C@@H](C)c2cc(OC)ccc2OC)s1. The molecule has 0 aliphatic carbocycles. The number of nitrogens with one attached hydrogen (secondary N) is 2.